The van der Waals surface area contributed by atoms with Crippen LogP contribution in [-0.4, -0.2) is 42.4 Å². The Morgan fingerprint density at radius 2 is 1.66 bits per heavy atom. The second-order valence-electron chi connectivity index (χ2n) is 6.41. The highest BCUT2D eigenvalue weighted by molar-refractivity contribution is 5.95. The Kier molecular flexibility index (Phi) is 7.82. The van der Waals surface area contributed by atoms with Gasteiger partial charge in [-0.1, -0.05) is 6.08 Å². The molecule has 0 aliphatic heterocycles. The van der Waals surface area contributed by atoms with E-state index in [1.54, 1.807) is 12.2 Å². The van der Waals surface area contributed by atoms with Gasteiger partial charge in [0.25, 0.3) is 5.91 Å². The minimum Gasteiger partial charge on any atom is -0.442 e. The van der Waals surface area contributed by atoms with E-state index in [9.17, 15) is 32.3 Å². The average molecular weight is 419 g/mol. The fourth-order valence-electron chi connectivity index (χ4n) is 2.69. The maximum atomic E-state index is 13.7. The number of nitrogens with two attached hydrogens (primary N) is 1. The van der Waals surface area contributed by atoms with E-state index >= 15 is 0 Å². The Balaban J connectivity index is 1.82. The molecule has 0 radical (unpaired) electrons. The van der Waals surface area contributed by atoms with Crippen molar-refractivity contribution in [3.05, 3.63) is 41.0 Å². The molecule has 2 rings (SSSR count). The largest absolute Gasteiger partial charge is 0.442 e. The van der Waals surface area contributed by atoms with Gasteiger partial charge in [-0.2, -0.15) is 0 Å². The molecule has 0 saturated heterocycles. The number of anilines is 1. The standard InChI is InChI=1S/C18H21F4N3O4/c19-12-11(13(20)15(22)16(23)14(12)21)17(27)24-7-8-25-18(28)29-10-4-2-1-3-9(26)5-6-10/h2,4,9-10,26H,1,3,5-8,23H2,(H,24,27)(H,25,28)/b4-2+. The quantitative estimate of drug-likeness (QED) is 0.192. The van der Waals surface area contributed by atoms with Gasteiger partial charge in [0, 0.05) is 13.1 Å². The highest BCUT2D eigenvalue weighted by atomic mass is 19.2. The first-order chi connectivity index (χ1) is 13.7. The smallest absolute Gasteiger partial charge is 0.407 e. The summed E-state index contributed by atoms with van der Waals surface area (Å²) in [7, 11) is 0. The van der Waals surface area contributed by atoms with Crippen LogP contribution in [0.15, 0.2) is 12.2 Å². The number of aliphatic hydroxyl groups excluding tert-OH is 1. The number of hydrogen-bond acceptors (Lipinski definition) is 5. The molecule has 0 fully saturated rings. The van der Waals surface area contributed by atoms with Gasteiger partial charge in [0.1, 0.15) is 17.4 Å². The lowest BCUT2D eigenvalue weighted by Gasteiger charge is -2.19. The molecule has 1 aliphatic rings. The summed E-state index contributed by atoms with van der Waals surface area (Å²) in [6.45, 7) is -0.466. The second kappa shape index (κ2) is 10.1. The Morgan fingerprint density at radius 3 is 2.31 bits per heavy atom. The number of carbonyl (C=O) groups is 2. The molecule has 29 heavy (non-hydrogen) atoms. The van der Waals surface area contributed by atoms with Crippen LogP contribution in [0.25, 0.3) is 0 Å². The number of nitrogens with one attached hydrogen (secondary N) is 2. The molecule has 2 atom stereocenters. The lowest BCUT2D eigenvalue weighted by atomic mass is 10.0. The molecular formula is C18H21F4N3O4. The summed E-state index contributed by atoms with van der Waals surface area (Å²) in [5, 5.41) is 14.0. The van der Waals surface area contributed by atoms with Crippen molar-refractivity contribution in [2.75, 3.05) is 18.8 Å². The van der Waals surface area contributed by atoms with E-state index in [1.807, 2.05) is 5.32 Å². The molecule has 2 unspecified atom stereocenters. The summed E-state index contributed by atoms with van der Waals surface area (Å²) >= 11 is 0. The third-order valence-electron chi connectivity index (χ3n) is 4.26. The van der Waals surface area contributed by atoms with Gasteiger partial charge in [-0.25, -0.2) is 22.4 Å². The molecular weight excluding hydrogens is 398 g/mol. The zero-order valence-electron chi connectivity index (χ0n) is 15.3. The molecule has 0 aromatic heterocycles. The minimum absolute atomic E-state index is 0.174. The normalized spacial score (nSPS) is 20.3. The number of benzene rings is 1. The van der Waals surface area contributed by atoms with Crippen LogP contribution in [0.5, 0.6) is 0 Å². The molecule has 2 amide bonds. The summed E-state index contributed by atoms with van der Waals surface area (Å²) in [6.07, 6.45) is 3.94. The second-order valence-corrected chi connectivity index (χ2v) is 6.41. The van der Waals surface area contributed by atoms with Crippen molar-refractivity contribution in [2.45, 2.75) is 37.9 Å². The van der Waals surface area contributed by atoms with Crippen molar-refractivity contribution in [3.63, 3.8) is 0 Å². The van der Waals surface area contributed by atoms with Crippen LogP contribution in [0, 0.1) is 23.3 Å². The SMILES string of the molecule is Nc1c(F)c(F)c(C(=O)NCCNC(=O)OC2/C=C/CCC(O)CC2)c(F)c1F. The number of halogens is 4. The van der Waals surface area contributed by atoms with E-state index in [0.717, 1.165) is 0 Å². The number of hydrogen-bond donors (Lipinski definition) is 4. The van der Waals surface area contributed by atoms with Gasteiger partial charge in [0.05, 0.1) is 6.10 Å². The molecule has 1 aliphatic carbocycles. The summed E-state index contributed by atoms with van der Waals surface area (Å²) in [4.78, 5) is 23.6. The molecule has 0 spiro atoms. The number of rotatable bonds is 5. The highest BCUT2D eigenvalue weighted by Crippen LogP contribution is 2.25. The highest BCUT2D eigenvalue weighted by Gasteiger charge is 2.28. The zero-order valence-corrected chi connectivity index (χ0v) is 15.3. The number of nitrogen functional groups attached to an aromatic ring is 1. The molecule has 160 valence electrons. The summed E-state index contributed by atoms with van der Waals surface area (Å²) < 4.78 is 59.4. The van der Waals surface area contributed by atoms with Gasteiger partial charge in [-0.05, 0) is 31.8 Å². The van der Waals surface area contributed by atoms with Gasteiger partial charge >= 0.3 is 6.09 Å². The predicted octanol–water partition coefficient (Wildman–Crippen LogP) is 2.14. The molecule has 0 heterocycles. The van der Waals surface area contributed by atoms with Crippen molar-refractivity contribution in [2.24, 2.45) is 0 Å². The number of alkyl carbamates (subject to hydrolysis) is 1. The van der Waals surface area contributed by atoms with E-state index in [0.29, 0.717) is 25.7 Å². The number of ether oxygens (including phenoxy) is 1. The molecule has 7 nitrogen and oxygen atoms in total. The average Bonchev–Trinajstić information content (AvgIpc) is 2.67. The van der Waals surface area contributed by atoms with Crippen LogP contribution in [0.2, 0.25) is 0 Å². The van der Waals surface area contributed by atoms with Crippen molar-refractivity contribution < 1.29 is 37.0 Å². The van der Waals surface area contributed by atoms with Crippen molar-refractivity contribution in [1.82, 2.24) is 10.6 Å². The molecule has 11 heteroatoms. The maximum Gasteiger partial charge on any atom is 0.407 e. The fourth-order valence-corrected chi connectivity index (χ4v) is 2.69. The molecule has 0 saturated carbocycles. The number of carbonyl (C=O) groups excluding carboxylic acids is 2. The van der Waals surface area contributed by atoms with Gasteiger partial charge in [-0.3, -0.25) is 4.79 Å². The number of amides is 2. The topological polar surface area (TPSA) is 114 Å². The van der Waals surface area contributed by atoms with E-state index in [2.05, 4.69) is 5.32 Å². The van der Waals surface area contributed by atoms with Crippen LogP contribution in [-0.2, 0) is 4.74 Å². The van der Waals surface area contributed by atoms with Crippen LogP contribution < -0.4 is 16.4 Å². The first-order valence-electron chi connectivity index (χ1n) is 8.91. The third-order valence-corrected chi connectivity index (χ3v) is 4.26. The van der Waals surface area contributed by atoms with Crippen LogP contribution in [0.3, 0.4) is 0 Å². The van der Waals surface area contributed by atoms with Gasteiger partial charge in [0.15, 0.2) is 23.3 Å². The van der Waals surface area contributed by atoms with Gasteiger partial charge in [0.2, 0.25) is 0 Å². The zero-order chi connectivity index (χ0) is 21.6. The van der Waals surface area contributed by atoms with E-state index in [-0.39, 0.29) is 13.1 Å². The van der Waals surface area contributed by atoms with Crippen LogP contribution in [0.4, 0.5) is 28.0 Å². The van der Waals surface area contributed by atoms with Crippen molar-refractivity contribution >= 4 is 17.7 Å². The Hall–Kier alpha value is -2.82. The summed E-state index contributed by atoms with van der Waals surface area (Å²) in [5.41, 5.74) is 2.06. The number of aliphatic hydroxyl groups is 1. The maximum absolute atomic E-state index is 13.7. The molecule has 1 aromatic rings. The Morgan fingerprint density at radius 1 is 1.03 bits per heavy atom. The van der Waals surface area contributed by atoms with Crippen LogP contribution in [0.1, 0.15) is 36.0 Å². The van der Waals surface area contributed by atoms with Crippen molar-refractivity contribution in [3.8, 4) is 0 Å². The monoisotopic (exact) mass is 419 g/mol. The summed E-state index contributed by atoms with van der Waals surface area (Å²) in [6, 6.07) is 0. The van der Waals surface area contributed by atoms with E-state index < -0.39 is 58.7 Å². The molecule has 1 aromatic carbocycles. The van der Waals surface area contributed by atoms with Crippen molar-refractivity contribution in [1.29, 1.82) is 0 Å². The fraction of sp³-hybridized carbons (Fsp3) is 0.444. The predicted molar refractivity (Wildman–Crippen MR) is 94.9 cm³/mol. The van der Waals surface area contributed by atoms with Crippen LogP contribution >= 0.6 is 0 Å². The van der Waals surface area contributed by atoms with Gasteiger partial charge in [-0.15, -0.1) is 0 Å². The first-order valence-corrected chi connectivity index (χ1v) is 8.91. The number of allylic oxidation sites excluding steroid dienone is 1. The van der Waals surface area contributed by atoms with E-state index in [4.69, 9.17) is 10.5 Å². The third kappa shape index (κ3) is 5.83. The molecule has 0 bridgehead atoms. The first kappa shape index (κ1) is 22.5. The summed E-state index contributed by atoms with van der Waals surface area (Å²) in [5.74, 6) is -8.97. The van der Waals surface area contributed by atoms with Gasteiger partial charge < -0.3 is 26.2 Å². The molecule has 5 N–H and O–H groups in total. The Bertz CT molecular complexity index is 775. The lowest BCUT2D eigenvalue weighted by Crippen LogP contribution is -2.37. The minimum atomic E-state index is -1.91. The Labute approximate surface area is 163 Å². The van der Waals surface area contributed by atoms with E-state index in [1.165, 1.54) is 0 Å². The lowest BCUT2D eigenvalue weighted by molar-refractivity contribution is 0.0907.